The highest BCUT2D eigenvalue weighted by Crippen LogP contribution is 2.30. The van der Waals surface area contributed by atoms with E-state index in [-0.39, 0.29) is 17.9 Å². The molecule has 1 aromatic carbocycles. The maximum absolute atomic E-state index is 11.6. The lowest BCUT2D eigenvalue weighted by Gasteiger charge is -2.29. The van der Waals surface area contributed by atoms with Crippen LogP contribution in [-0.2, 0) is 9.53 Å². The molecule has 1 amide bonds. The van der Waals surface area contributed by atoms with Crippen LogP contribution in [0.3, 0.4) is 0 Å². The minimum atomic E-state index is -0.188. The monoisotopic (exact) mass is 435 g/mol. The summed E-state index contributed by atoms with van der Waals surface area (Å²) >= 11 is 0. The van der Waals surface area contributed by atoms with E-state index in [4.69, 9.17) is 15.1 Å². The van der Waals surface area contributed by atoms with E-state index in [2.05, 4.69) is 46.8 Å². The molecule has 0 unspecified atom stereocenters. The van der Waals surface area contributed by atoms with Crippen molar-refractivity contribution in [1.29, 1.82) is 5.41 Å². The number of nitrogens with one attached hydrogen (secondary N) is 3. The zero-order chi connectivity index (χ0) is 22.7. The second-order valence-corrected chi connectivity index (χ2v) is 9.00. The second-order valence-electron chi connectivity index (χ2n) is 9.00. The van der Waals surface area contributed by atoms with Gasteiger partial charge in [0.05, 0.1) is 17.0 Å². The first-order chi connectivity index (χ1) is 15.4. The molecule has 0 radical (unpaired) electrons. The first kappa shape index (κ1) is 22.3. The highest BCUT2D eigenvalue weighted by atomic mass is 16.5. The zero-order valence-electron chi connectivity index (χ0n) is 19.1. The maximum atomic E-state index is 11.6. The lowest BCUT2D eigenvalue weighted by Crippen LogP contribution is -2.29. The largest absolute Gasteiger partial charge is 0.474 e. The van der Waals surface area contributed by atoms with Gasteiger partial charge in [-0.25, -0.2) is 4.99 Å². The summed E-state index contributed by atoms with van der Waals surface area (Å²) in [6, 6.07) is 8.60. The average molecular weight is 436 g/mol. The molecule has 4 rings (SSSR count). The van der Waals surface area contributed by atoms with Gasteiger partial charge in [0, 0.05) is 37.7 Å². The van der Waals surface area contributed by atoms with Gasteiger partial charge in [0.25, 0.3) is 0 Å². The third-order valence-corrected chi connectivity index (χ3v) is 6.68. The van der Waals surface area contributed by atoms with Gasteiger partial charge in [-0.2, -0.15) is 0 Å². The smallest absolute Gasteiger partial charge is 0.225 e. The maximum Gasteiger partial charge on any atom is 0.225 e. The number of benzene rings is 1. The van der Waals surface area contributed by atoms with Gasteiger partial charge in [-0.3, -0.25) is 10.2 Å². The lowest BCUT2D eigenvalue weighted by molar-refractivity contribution is -0.119. The van der Waals surface area contributed by atoms with Gasteiger partial charge in [-0.05, 0) is 57.5 Å². The Morgan fingerprint density at radius 1 is 1.28 bits per heavy atom. The first-order valence-corrected chi connectivity index (χ1v) is 11.4. The predicted octanol–water partition coefficient (Wildman–Crippen LogP) is 2.91. The Bertz CT molecular complexity index is 955. The number of carbonyl (C=O) groups is 1. The van der Waals surface area contributed by atoms with Crippen LogP contribution >= 0.6 is 0 Å². The quantitative estimate of drug-likeness (QED) is 0.663. The molecule has 3 N–H and O–H groups in total. The molecule has 3 aliphatic heterocycles. The number of nitrogens with zero attached hydrogens (tertiary/aromatic N) is 2. The van der Waals surface area contributed by atoms with Crippen LogP contribution in [0, 0.1) is 11.3 Å². The highest BCUT2D eigenvalue weighted by Gasteiger charge is 2.30. The molecule has 32 heavy (non-hydrogen) atoms. The molecular formula is C25H33N5O2. The van der Waals surface area contributed by atoms with E-state index in [9.17, 15) is 4.79 Å². The Hall–Kier alpha value is -2.93. The molecule has 0 spiro atoms. The van der Waals surface area contributed by atoms with Gasteiger partial charge >= 0.3 is 0 Å². The van der Waals surface area contributed by atoms with Crippen molar-refractivity contribution in [3.05, 3.63) is 53.2 Å². The summed E-state index contributed by atoms with van der Waals surface area (Å²) in [4.78, 5) is 18.8. The summed E-state index contributed by atoms with van der Waals surface area (Å²) in [5.41, 5.74) is 4.04. The molecule has 3 heterocycles. The normalized spacial score (nSPS) is 24.7. The number of allylic oxidation sites excluding steroid dienone is 1. The van der Waals surface area contributed by atoms with Crippen LogP contribution in [0.4, 0.5) is 0 Å². The van der Waals surface area contributed by atoms with Gasteiger partial charge in [0.1, 0.15) is 6.10 Å². The number of amides is 1. The third-order valence-electron chi connectivity index (χ3n) is 6.68. The molecule has 2 saturated heterocycles. The lowest BCUT2D eigenvalue weighted by atomic mass is 9.89. The Kier molecular flexibility index (Phi) is 6.74. The van der Waals surface area contributed by atoms with Crippen LogP contribution in [0.25, 0.3) is 5.70 Å². The Morgan fingerprint density at radius 2 is 2.00 bits per heavy atom. The van der Waals surface area contributed by atoms with E-state index in [1.807, 2.05) is 6.92 Å². The number of rotatable bonds is 5. The Morgan fingerprint density at radius 3 is 2.62 bits per heavy atom. The van der Waals surface area contributed by atoms with Crippen molar-refractivity contribution in [2.45, 2.75) is 38.2 Å². The van der Waals surface area contributed by atoms with Crippen molar-refractivity contribution in [3.8, 4) is 0 Å². The second kappa shape index (κ2) is 9.69. The van der Waals surface area contributed by atoms with Crippen molar-refractivity contribution in [2.24, 2.45) is 10.9 Å². The SMILES string of the molecule is CN/C=C1\C(=N)C=C(c2ccc(C3CCN(C)CC3)cc2)N=C1O[C@H](C)[C@H]1CNC(=O)C1. The van der Waals surface area contributed by atoms with E-state index < -0.39 is 0 Å². The summed E-state index contributed by atoms with van der Waals surface area (Å²) in [6.45, 7) is 4.85. The fraction of sp³-hybridized carbons (Fsp3) is 0.480. The molecule has 0 bridgehead atoms. The molecule has 2 fully saturated rings. The topological polar surface area (TPSA) is 89.8 Å². The van der Waals surface area contributed by atoms with E-state index in [0.717, 1.165) is 24.4 Å². The van der Waals surface area contributed by atoms with Gasteiger partial charge in [0.15, 0.2) is 0 Å². The number of carbonyl (C=O) groups excluding carboxylic acids is 1. The fourth-order valence-corrected chi connectivity index (χ4v) is 4.55. The number of hydrogen-bond donors (Lipinski definition) is 3. The standard InChI is InChI=1S/C25H33N5O2/c1-16(20-12-24(31)28-14-20)32-25-21(15-27-2)22(26)13-23(29-25)19-6-4-17(5-7-19)18-8-10-30(3)11-9-18/h4-7,13,15-16,18,20,26-27H,8-12,14H2,1-3H3,(H,28,31)/b21-15+,26-22?/t16-,20-/m1/s1. The van der Waals surface area contributed by atoms with Crippen LogP contribution in [0.5, 0.6) is 0 Å². The van der Waals surface area contributed by atoms with Crippen LogP contribution in [0.2, 0.25) is 0 Å². The minimum absolute atomic E-state index is 0.0556. The van der Waals surface area contributed by atoms with E-state index in [1.165, 1.54) is 18.4 Å². The summed E-state index contributed by atoms with van der Waals surface area (Å²) in [5, 5.41) is 14.4. The van der Waals surface area contributed by atoms with Crippen LogP contribution in [-0.4, -0.2) is 62.3 Å². The van der Waals surface area contributed by atoms with Gasteiger partial charge < -0.3 is 20.3 Å². The van der Waals surface area contributed by atoms with Crippen molar-refractivity contribution in [2.75, 3.05) is 33.7 Å². The Balaban J connectivity index is 1.53. The van der Waals surface area contributed by atoms with Crippen LogP contribution in [0.1, 0.15) is 43.2 Å². The molecule has 2 atom stereocenters. The van der Waals surface area contributed by atoms with Crippen molar-refractivity contribution in [3.63, 3.8) is 0 Å². The minimum Gasteiger partial charge on any atom is -0.474 e. The van der Waals surface area contributed by atoms with E-state index >= 15 is 0 Å². The molecular weight excluding hydrogens is 402 g/mol. The Labute approximate surface area is 190 Å². The summed E-state index contributed by atoms with van der Waals surface area (Å²) in [6.07, 6.45) is 6.17. The number of hydrogen-bond acceptors (Lipinski definition) is 6. The van der Waals surface area contributed by atoms with Crippen molar-refractivity contribution >= 4 is 23.2 Å². The number of likely N-dealkylation sites (tertiary alicyclic amines) is 1. The average Bonchev–Trinajstić information content (AvgIpc) is 3.23. The molecule has 0 aromatic heterocycles. The van der Waals surface area contributed by atoms with E-state index in [0.29, 0.717) is 36.1 Å². The van der Waals surface area contributed by atoms with Gasteiger partial charge in [-0.15, -0.1) is 0 Å². The van der Waals surface area contributed by atoms with Crippen molar-refractivity contribution in [1.82, 2.24) is 15.5 Å². The van der Waals surface area contributed by atoms with Crippen molar-refractivity contribution < 1.29 is 9.53 Å². The van der Waals surface area contributed by atoms with E-state index in [1.54, 1.807) is 19.3 Å². The summed E-state index contributed by atoms with van der Waals surface area (Å²) in [7, 11) is 3.97. The highest BCUT2D eigenvalue weighted by molar-refractivity contribution is 6.29. The molecule has 3 aliphatic rings. The molecule has 170 valence electrons. The molecule has 0 aliphatic carbocycles. The van der Waals surface area contributed by atoms with Crippen LogP contribution in [0.15, 0.2) is 47.1 Å². The summed E-state index contributed by atoms with van der Waals surface area (Å²) < 4.78 is 6.20. The third kappa shape index (κ3) is 4.93. The molecule has 1 aromatic rings. The van der Waals surface area contributed by atoms with Gasteiger partial charge in [-0.1, -0.05) is 24.3 Å². The zero-order valence-corrected chi connectivity index (χ0v) is 19.1. The number of aliphatic imine (C=N–C) groups is 1. The van der Waals surface area contributed by atoms with Gasteiger partial charge in [0.2, 0.25) is 11.8 Å². The molecule has 7 nitrogen and oxygen atoms in total. The number of piperidine rings is 1. The van der Waals surface area contributed by atoms with Crippen LogP contribution < -0.4 is 10.6 Å². The molecule has 0 saturated carbocycles. The fourth-order valence-electron chi connectivity index (χ4n) is 4.55. The first-order valence-electron chi connectivity index (χ1n) is 11.4. The summed E-state index contributed by atoms with van der Waals surface area (Å²) in [5.74, 6) is 1.18. The molecule has 7 heteroatoms. The number of ether oxygens (including phenoxy) is 1. The predicted molar refractivity (Wildman–Crippen MR) is 128 cm³/mol.